The van der Waals surface area contributed by atoms with E-state index in [2.05, 4.69) is 26.2 Å². The molecule has 2 aromatic carbocycles. The van der Waals surface area contributed by atoms with Gasteiger partial charge in [0, 0.05) is 40.0 Å². The molecule has 0 fully saturated rings. The van der Waals surface area contributed by atoms with Gasteiger partial charge in [0.1, 0.15) is 0 Å². The van der Waals surface area contributed by atoms with E-state index in [9.17, 15) is 13.2 Å². The van der Waals surface area contributed by atoms with Crippen LogP contribution in [-0.2, 0) is 27.9 Å². The zero-order valence-electron chi connectivity index (χ0n) is 16.1. The van der Waals surface area contributed by atoms with Crippen molar-refractivity contribution >= 4 is 55.1 Å². The van der Waals surface area contributed by atoms with Crippen LogP contribution in [0.1, 0.15) is 11.1 Å². The Bertz CT molecular complexity index is 1160. The molecule has 1 aromatic heterocycles. The van der Waals surface area contributed by atoms with Gasteiger partial charge in [0.25, 0.3) is 0 Å². The van der Waals surface area contributed by atoms with Gasteiger partial charge >= 0.3 is 0 Å². The van der Waals surface area contributed by atoms with Gasteiger partial charge in [0.05, 0.1) is 11.4 Å². The number of nitrogens with one attached hydrogen (secondary N) is 1. The molecule has 1 amide bonds. The van der Waals surface area contributed by atoms with Gasteiger partial charge in [-0.15, -0.1) is 0 Å². The Kier molecular flexibility index (Phi) is 8.07. The highest BCUT2D eigenvalue weighted by molar-refractivity contribution is 9.10. The van der Waals surface area contributed by atoms with Crippen LogP contribution < -0.4 is 5.32 Å². The van der Waals surface area contributed by atoms with Crippen molar-refractivity contribution in [2.45, 2.75) is 18.0 Å². The minimum absolute atomic E-state index is 0.0702. The van der Waals surface area contributed by atoms with Crippen molar-refractivity contribution in [3.05, 3.63) is 92.6 Å². The van der Waals surface area contributed by atoms with Crippen LogP contribution in [-0.4, -0.2) is 30.2 Å². The molecule has 0 saturated carbocycles. The molecule has 162 valence electrons. The summed E-state index contributed by atoms with van der Waals surface area (Å²) in [5, 5.41) is 3.48. The van der Waals surface area contributed by atoms with E-state index in [0.29, 0.717) is 15.6 Å². The zero-order valence-corrected chi connectivity index (χ0v) is 20.0. The molecule has 0 saturated heterocycles. The van der Waals surface area contributed by atoms with E-state index in [1.165, 1.54) is 18.2 Å². The molecule has 0 bridgehead atoms. The van der Waals surface area contributed by atoms with Crippen molar-refractivity contribution in [1.29, 1.82) is 0 Å². The number of carbonyl (C=O) groups excluding carboxylic acids is 1. The fourth-order valence-electron chi connectivity index (χ4n) is 2.74. The molecule has 1 N–H and O–H groups in total. The third kappa shape index (κ3) is 6.51. The number of amides is 1. The maximum absolute atomic E-state index is 13.3. The molecule has 0 aliphatic carbocycles. The molecule has 31 heavy (non-hydrogen) atoms. The Balaban J connectivity index is 1.84. The number of hydrogen-bond acceptors (Lipinski definition) is 4. The van der Waals surface area contributed by atoms with Gasteiger partial charge in [-0.25, -0.2) is 8.42 Å². The summed E-state index contributed by atoms with van der Waals surface area (Å²) in [5.41, 5.74) is 1.34. The maximum Gasteiger partial charge on any atom is 0.243 e. The SMILES string of the molecule is O=C(CN(Cc1ccc(Cl)cc1Cl)S(=O)(=O)c1ccc(Br)cc1)NCc1cccnc1. The van der Waals surface area contributed by atoms with Gasteiger partial charge in [-0.05, 0) is 53.6 Å². The molecule has 3 rings (SSSR count). The van der Waals surface area contributed by atoms with Crippen LogP contribution >= 0.6 is 39.1 Å². The molecular formula is C21H18BrCl2N3O3S. The van der Waals surface area contributed by atoms with Crippen LogP contribution in [0.4, 0.5) is 0 Å². The minimum atomic E-state index is -3.97. The van der Waals surface area contributed by atoms with Crippen molar-refractivity contribution in [3.8, 4) is 0 Å². The van der Waals surface area contributed by atoms with Crippen LogP contribution in [0.25, 0.3) is 0 Å². The lowest BCUT2D eigenvalue weighted by atomic mass is 10.2. The number of pyridine rings is 1. The Hall–Kier alpha value is -1.97. The van der Waals surface area contributed by atoms with Crippen molar-refractivity contribution < 1.29 is 13.2 Å². The smallest absolute Gasteiger partial charge is 0.243 e. The van der Waals surface area contributed by atoms with Gasteiger partial charge in [0.2, 0.25) is 15.9 Å². The quantitative estimate of drug-likeness (QED) is 0.449. The number of carbonyl (C=O) groups is 1. The minimum Gasteiger partial charge on any atom is -0.351 e. The first-order valence-corrected chi connectivity index (χ1v) is 12.1. The molecule has 3 aromatic rings. The number of nitrogens with zero attached hydrogens (tertiary/aromatic N) is 2. The third-order valence-corrected chi connectivity index (χ3v) is 7.27. The van der Waals surface area contributed by atoms with Crippen molar-refractivity contribution in [1.82, 2.24) is 14.6 Å². The summed E-state index contributed by atoms with van der Waals surface area (Å²) in [7, 11) is -3.97. The van der Waals surface area contributed by atoms with Gasteiger partial charge < -0.3 is 5.32 Å². The fourth-order valence-corrected chi connectivity index (χ4v) is 4.85. The molecule has 0 unspecified atom stereocenters. The summed E-state index contributed by atoms with van der Waals surface area (Å²) in [5.74, 6) is -0.449. The van der Waals surface area contributed by atoms with Crippen LogP contribution in [0, 0.1) is 0 Å². The van der Waals surface area contributed by atoms with Gasteiger partial charge in [-0.3, -0.25) is 9.78 Å². The van der Waals surface area contributed by atoms with Gasteiger partial charge in [-0.1, -0.05) is 51.3 Å². The lowest BCUT2D eigenvalue weighted by Crippen LogP contribution is -2.40. The summed E-state index contributed by atoms with van der Waals surface area (Å²) in [6.45, 7) is -0.229. The van der Waals surface area contributed by atoms with Crippen LogP contribution in [0.2, 0.25) is 10.0 Å². The second kappa shape index (κ2) is 10.6. The predicted molar refractivity (Wildman–Crippen MR) is 124 cm³/mol. The van der Waals surface area contributed by atoms with Crippen LogP contribution in [0.5, 0.6) is 0 Å². The standard InChI is InChI=1S/C21H18BrCl2N3O3S/c22-17-4-7-19(8-5-17)31(29,30)27(13-16-3-6-18(23)10-20(16)24)14-21(28)26-12-15-2-1-9-25-11-15/h1-11H,12-14H2,(H,26,28). The number of sulfonamides is 1. The van der Waals surface area contributed by atoms with Crippen molar-refractivity contribution in [2.24, 2.45) is 0 Å². The number of halogens is 3. The number of benzene rings is 2. The van der Waals surface area contributed by atoms with Gasteiger partial charge in [-0.2, -0.15) is 4.31 Å². The highest BCUT2D eigenvalue weighted by Crippen LogP contribution is 2.25. The normalized spacial score (nSPS) is 11.5. The van der Waals surface area contributed by atoms with E-state index in [1.54, 1.807) is 42.7 Å². The number of rotatable bonds is 8. The first-order chi connectivity index (χ1) is 14.8. The first-order valence-electron chi connectivity index (χ1n) is 9.11. The summed E-state index contributed by atoms with van der Waals surface area (Å²) in [6.07, 6.45) is 3.26. The van der Waals surface area contributed by atoms with E-state index >= 15 is 0 Å². The Morgan fingerprint density at radius 1 is 1.10 bits per heavy atom. The zero-order chi connectivity index (χ0) is 22.4. The molecule has 1 heterocycles. The molecule has 0 aliphatic heterocycles. The monoisotopic (exact) mass is 541 g/mol. The topological polar surface area (TPSA) is 79.4 Å². The second-order valence-corrected chi connectivity index (χ2v) is 10.3. The van der Waals surface area contributed by atoms with E-state index in [1.807, 2.05) is 6.07 Å². The molecule has 6 nitrogen and oxygen atoms in total. The van der Waals surface area contributed by atoms with Crippen molar-refractivity contribution in [3.63, 3.8) is 0 Å². The molecule has 0 radical (unpaired) electrons. The van der Waals surface area contributed by atoms with Gasteiger partial charge in [0.15, 0.2) is 0 Å². The second-order valence-electron chi connectivity index (χ2n) is 6.60. The lowest BCUT2D eigenvalue weighted by Gasteiger charge is -2.22. The molecule has 0 spiro atoms. The molecule has 10 heteroatoms. The lowest BCUT2D eigenvalue weighted by molar-refractivity contribution is -0.121. The van der Waals surface area contributed by atoms with Crippen LogP contribution in [0.3, 0.4) is 0 Å². The summed E-state index contributed by atoms with van der Waals surface area (Å²) >= 11 is 15.5. The van der Waals surface area contributed by atoms with Crippen molar-refractivity contribution in [2.75, 3.05) is 6.54 Å². The molecular weight excluding hydrogens is 525 g/mol. The Labute approximate surface area is 199 Å². The Morgan fingerprint density at radius 2 is 1.84 bits per heavy atom. The fraction of sp³-hybridized carbons (Fsp3) is 0.143. The first kappa shape index (κ1) is 23.7. The number of hydrogen-bond donors (Lipinski definition) is 1. The summed E-state index contributed by atoms with van der Waals surface area (Å²) in [4.78, 5) is 16.7. The highest BCUT2D eigenvalue weighted by atomic mass is 79.9. The average molecular weight is 543 g/mol. The third-order valence-electron chi connectivity index (χ3n) is 4.35. The average Bonchev–Trinajstić information content (AvgIpc) is 2.74. The molecule has 0 atom stereocenters. The van der Waals surface area contributed by atoms with E-state index in [4.69, 9.17) is 23.2 Å². The van der Waals surface area contributed by atoms with E-state index in [0.717, 1.165) is 14.3 Å². The van der Waals surface area contributed by atoms with Crippen LogP contribution in [0.15, 0.2) is 76.4 Å². The molecule has 0 aliphatic rings. The highest BCUT2D eigenvalue weighted by Gasteiger charge is 2.27. The Morgan fingerprint density at radius 3 is 2.48 bits per heavy atom. The summed E-state index contributed by atoms with van der Waals surface area (Å²) in [6, 6.07) is 14.6. The summed E-state index contributed by atoms with van der Waals surface area (Å²) < 4.78 is 28.4. The predicted octanol–water partition coefficient (Wildman–Crippen LogP) is 4.66. The maximum atomic E-state index is 13.3. The van der Waals surface area contributed by atoms with E-state index < -0.39 is 15.9 Å². The van der Waals surface area contributed by atoms with E-state index in [-0.39, 0.29) is 24.5 Å². The number of aromatic nitrogens is 1. The largest absolute Gasteiger partial charge is 0.351 e.